The predicted molar refractivity (Wildman–Crippen MR) is 81.7 cm³/mol. The molecule has 1 aromatic heterocycles. The summed E-state index contributed by atoms with van der Waals surface area (Å²) in [5.74, 6) is -0.684. The summed E-state index contributed by atoms with van der Waals surface area (Å²) in [6.07, 6.45) is 5.02. The smallest absolute Gasteiger partial charge is 0.411 e. The maximum absolute atomic E-state index is 12.3. The summed E-state index contributed by atoms with van der Waals surface area (Å²) >= 11 is 0. The van der Waals surface area contributed by atoms with Gasteiger partial charge >= 0.3 is 12.1 Å². The van der Waals surface area contributed by atoms with E-state index < -0.39 is 17.7 Å². The van der Waals surface area contributed by atoms with Gasteiger partial charge in [-0.2, -0.15) is 5.10 Å². The number of carboxylic acids is 1. The molecule has 2 rings (SSSR count). The largest absolute Gasteiger partial charge is 0.480 e. The highest BCUT2D eigenvalue weighted by Crippen LogP contribution is 2.31. The number of hydrogen-bond acceptors (Lipinski definition) is 5. The molecule has 128 valence electrons. The molecule has 1 aliphatic carbocycles. The van der Waals surface area contributed by atoms with Crippen molar-refractivity contribution in [3.8, 4) is 0 Å². The second-order valence-corrected chi connectivity index (χ2v) is 6.95. The minimum Gasteiger partial charge on any atom is -0.480 e. The van der Waals surface area contributed by atoms with E-state index >= 15 is 0 Å². The highest BCUT2D eigenvalue weighted by molar-refractivity contribution is 5.77. The molecule has 1 heterocycles. The number of aromatic nitrogens is 3. The topological polar surface area (TPSA) is 97.6 Å². The summed E-state index contributed by atoms with van der Waals surface area (Å²) in [5, 5.41) is 13.2. The van der Waals surface area contributed by atoms with Gasteiger partial charge in [0.25, 0.3) is 0 Å². The fourth-order valence-electron chi connectivity index (χ4n) is 2.90. The van der Waals surface area contributed by atoms with Gasteiger partial charge in [0.05, 0.1) is 0 Å². The first kappa shape index (κ1) is 17.2. The van der Waals surface area contributed by atoms with Gasteiger partial charge in [0.2, 0.25) is 0 Å². The van der Waals surface area contributed by atoms with Gasteiger partial charge < -0.3 is 9.84 Å². The van der Waals surface area contributed by atoms with Gasteiger partial charge in [-0.3, -0.25) is 14.4 Å². The Morgan fingerprint density at radius 1 is 1.39 bits per heavy atom. The van der Waals surface area contributed by atoms with Crippen molar-refractivity contribution in [1.82, 2.24) is 19.7 Å². The Bertz CT molecular complexity index is 538. The van der Waals surface area contributed by atoms with Crippen LogP contribution in [0, 0.1) is 5.92 Å². The Kier molecular flexibility index (Phi) is 5.23. The van der Waals surface area contributed by atoms with Crippen LogP contribution in [0.15, 0.2) is 12.7 Å². The van der Waals surface area contributed by atoms with Gasteiger partial charge in [0.15, 0.2) is 0 Å². The highest BCUT2D eigenvalue weighted by Gasteiger charge is 2.35. The first-order valence-corrected chi connectivity index (χ1v) is 7.78. The molecule has 0 bridgehead atoms. The number of rotatable bonds is 5. The molecule has 8 nitrogen and oxygen atoms in total. The van der Waals surface area contributed by atoms with E-state index in [-0.39, 0.29) is 12.6 Å². The molecule has 1 aliphatic rings. The van der Waals surface area contributed by atoms with Crippen LogP contribution in [-0.4, -0.2) is 55.0 Å². The van der Waals surface area contributed by atoms with E-state index in [1.54, 1.807) is 31.8 Å². The molecule has 0 saturated heterocycles. The third-order valence-electron chi connectivity index (χ3n) is 3.80. The molecule has 0 aliphatic heterocycles. The van der Waals surface area contributed by atoms with Crippen molar-refractivity contribution in [2.75, 3.05) is 6.54 Å². The standard InChI is InChI=1S/C15H24N4O4/c1-15(2,3)23-14(22)19(8-13(20)21)12-5-4-11(6-12)7-18-10-16-9-17-18/h9-12H,4-8H2,1-3H3,(H,20,21)/t11-,12+/m1/s1. The van der Waals surface area contributed by atoms with Crippen molar-refractivity contribution in [2.45, 2.75) is 58.2 Å². The first-order valence-electron chi connectivity index (χ1n) is 7.78. The molecule has 1 saturated carbocycles. The maximum atomic E-state index is 12.3. The lowest BCUT2D eigenvalue weighted by Gasteiger charge is -2.30. The maximum Gasteiger partial charge on any atom is 0.411 e. The van der Waals surface area contributed by atoms with Crippen LogP contribution in [0.1, 0.15) is 40.0 Å². The molecule has 2 atom stereocenters. The molecular formula is C15H24N4O4. The van der Waals surface area contributed by atoms with Gasteiger partial charge in [-0.25, -0.2) is 9.78 Å². The second-order valence-electron chi connectivity index (χ2n) is 6.95. The molecule has 0 aromatic carbocycles. The van der Waals surface area contributed by atoms with Crippen molar-refractivity contribution in [1.29, 1.82) is 0 Å². The molecule has 1 fully saturated rings. The number of carboxylic acid groups (broad SMARTS) is 1. The lowest BCUT2D eigenvalue weighted by atomic mass is 10.1. The summed E-state index contributed by atoms with van der Waals surface area (Å²) in [6, 6.07) is -0.116. The van der Waals surface area contributed by atoms with Gasteiger partial charge in [-0.15, -0.1) is 0 Å². The van der Waals surface area contributed by atoms with Gasteiger partial charge in [0.1, 0.15) is 24.8 Å². The zero-order chi connectivity index (χ0) is 17.0. The van der Waals surface area contributed by atoms with E-state index in [9.17, 15) is 9.59 Å². The Labute approximate surface area is 135 Å². The first-order chi connectivity index (χ1) is 10.7. The van der Waals surface area contributed by atoms with E-state index in [0.717, 1.165) is 25.8 Å². The van der Waals surface area contributed by atoms with Crippen LogP contribution in [0.5, 0.6) is 0 Å². The van der Waals surface area contributed by atoms with E-state index in [1.165, 1.54) is 11.2 Å². The number of ether oxygens (including phenoxy) is 1. The summed E-state index contributed by atoms with van der Waals surface area (Å²) in [6.45, 7) is 5.70. The molecule has 0 radical (unpaired) electrons. The third-order valence-corrected chi connectivity index (χ3v) is 3.80. The number of aliphatic carboxylic acids is 1. The summed E-state index contributed by atoms with van der Waals surface area (Å²) in [4.78, 5) is 28.7. The quantitative estimate of drug-likeness (QED) is 0.886. The van der Waals surface area contributed by atoms with Gasteiger partial charge in [0, 0.05) is 12.6 Å². The van der Waals surface area contributed by atoms with E-state index in [0.29, 0.717) is 5.92 Å². The fraction of sp³-hybridized carbons (Fsp3) is 0.733. The summed E-state index contributed by atoms with van der Waals surface area (Å²) < 4.78 is 7.12. The van der Waals surface area contributed by atoms with Crippen LogP contribution in [0.2, 0.25) is 0 Å². The van der Waals surface area contributed by atoms with Crippen LogP contribution in [0.4, 0.5) is 4.79 Å². The SMILES string of the molecule is CC(C)(C)OC(=O)N(CC(=O)O)[C@H]1CC[C@@H](Cn2cncn2)C1. The lowest BCUT2D eigenvalue weighted by Crippen LogP contribution is -2.45. The Morgan fingerprint density at radius 3 is 2.70 bits per heavy atom. The molecule has 8 heteroatoms. The van der Waals surface area contributed by atoms with E-state index in [4.69, 9.17) is 9.84 Å². The van der Waals surface area contributed by atoms with Crippen molar-refractivity contribution >= 4 is 12.1 Å². The lowest BCUT2D eigenvalue weighted by molar-refractivity contribution is -0.138. The number of amides is 1. The number of nitrogens with zero attached hydrogens (tertiary/aromatic N) is 4. The van der Waals surface area contributed by atoms with E-state index in [1.807, 2.05) is 0 Å². The highest BCUT2D eigenvalue weighted by atomic mass is 16.6. The molecule has 0 unspecified atom stereocenters. The van der Waals surface area contributed by atoms with Crippen molar-refractivity contribution in [2.24, 2.45) is 5.92 Å². The monoisotopic (exact) mass is 324 g/mol. The molecule has 1 amide bonds. The summed E-state index contributed by atoms with van der Waals surface area (Å²) in [7, 11) is 0. The Balaban J connectivity index is 1.99. The molecule has 1 aromatic rings. The normalized spacial score (nSPS) is 21.2. The predicted octanol–water partition coefficient (Wildman–Crippen LogP) is 1.77. The van der Waals surface area contributed by atoms with Crippen LogP contribution in [0.3, 0.4) is 0 Å². The number of carbonyl (C=O) groups excluding carboxylic acids is 1. The van der Waals surface area contributed by atoms with Crippen molar-refractivity contribution in [3.05, 3.63) is 12.7 Å². The zero-order valence-electron chi connectivity index (χ0n) is 13.8. The Morgan fingerprint density at radius 2 is 2.13 bits per heavy atom. The van der Waals surface area contributed by atoms with Crippen molar-refractivity contribution < 1.29 is 19.4 Å². The van der Waals surface area contributed by atoms with Crippen LogP contribution >= 0.6 is 0 Å². The molecule has 1 N–H and O–H groups in total. The van der Waals surface area contributed by atoms with Crippen molar-refractivity contribution in [3.63, 3.8) is 0 Å². The van der Waals surface area contributed by atoms with Crippen LogP contribution < -0.4 is 0 Å². The van der Waals surface area contributed by atoms with Crippen LogP contribution in [0.25, 0.3) is 0 Å². The average Bonchev–Trinajstić information content (AvgIpc) is 3.06. The summed E-state index contributed by atoms with van der Waals surface area (Å²) in [5.41, 5.74) is -0.646. The molecule has 0 spiro atoms. The van der Waals surface area contributed by atoms with Gasteiger partial charge in [-0.1, -0.05) is 0 Å². The number of carbonyl (C=O) groups is 2. The zero-order valence-corrected chi connectivity index (χ0v) is 13.8. The average molecular weight is 324 g/mol. The Hall–Kier alpha value is -2.12. The molecule has 23 heavy (non-hydrogen) atoms. The second kappa shape index (κ2) is 6.97. The van der Waals surface area contributed by atoms with Crippen LogP contribution in [-0.2, 0) is 16.1 Å². The third kappa shape index (κ3) is 5.22. The minimum atomic E-state index is -1.03. The van der Waals surface area contributed by atoms with E-state index in [2.05, 4.69) is 10.1 Å². The minimum absolute atomic E-state index is 0.116. The van der Waals surface area contributed by atoms with Gasteiger partial charge in [-0.05, 0) is 46.0 Å². The molecular weight excluding hydrogens is 300 g/mol. The number of hydrogen-bond donors (Lipinski definition) is 1. The fourth-order valence-corrected chi connectivity index (χ4v) is 2.90.